The average molecular weight is 278 g/mol. The van der Waals surface area contributed by atoms with Crippen molar-refractivity contribution in [2.24, 2.45) is 0 Å². The van der Waals surface area contributed by atoms with E-state index in [0.717, 1.165) is 23.3 Å². The largest absolute Gasteiger partial charge is 0.494 e. The minimum absolute atomic E-state index is 0.690. The zero-order valence-corrected chi connectivity index (χ0v) is 12.9. The number of unbranched alkanes of at least 4 members (excludes halogenated alkanes) is 1. The van der Waals surface area contributed by atoms with Gasteiger partial charge >= 0.3 is 0 Å². The Morgan fingerprint density at radius 1 is 0.810 bits per heavy atom. The van der Waals surface area contributed by atoms with Crippen molar-refractivity contribution in [2.45, 2.75) is 33.1 Å². The van der Waals surface area contributed by atoms with Gasteiger partial charge in [-0.25, -0.2) is 0 Å². The Morgan fingerprint density at radius 3 is 1.90 bits per heavy atom. The molecule has 1 nitrogen and oxygen atoms in total. The van der Waals surface area contributed by atoms with E-state index in [0.29, 0.717) is 6.61 Å². The van der Waals surface area contributed by atoms with Crippen LogP contribution in [0.5, 0.6) is 5.75 Å². The van der Waals surface area contributed by atoms with E-state index in [1.165, 1.54) is 18.4 Å². The van der Waals surface area contributed by atoms with E-state index in [4.69, 9.17) is 4.74 Å². The maximum Gasteiger partial charge on any atom is 0.119 e. The first-order chi connectivity index (χ1) is 10.3. The van der Waals surface area contributed by atoms with Gasteiger partial charge in [0.1, 0.15) is 5.75 Å². The summed E-state index contributed by atoms with van der Waals surface area (Å²) in [5.41, 5.74) is 3.46. The zero-order chi connectivity index (χ0) is 14.9. The molecular formula is C20H22O. The highest BCUT2D eigenvalue weighted by Crippen LogP contribution is 2.12. The molecular weight excluding hydrogens is 256 g/mol. The smallest absolute Gasteiger partial charge is 0.119 e. The lowest BCUT2D eigenvalue weighted by Gasteiger charge is -2.01. The molecule has 0 aliphatic rings. The molecule has 0 unspecified atom stereocenters. The SMILES string of the molecule is CCCCc1ccc(C#Cc2ccc(OCC)cc2)cc1. The van der Waals surface area contributed by atoms with Crippen LogP contribution in [0, 0.1) is 11.8 Å². The van der Waals surface area contributed by atoms with Gasteiger partial charge in [0.05, 0.1) is 6.61 Å². The molecule has 0 N–H and O–H groups in total. The van der Waals surface area contributed by atoms with E-state index in [1.54, 1.807) is 0 Å². The lowest BCUT2D eigenvalue weighted by molar-refractivity contribution is 0.340. The van der Waals surface area contributed by atoms with Crippen LogP contribution in [0.4, 0.5) is 0 Å². The van der Waals surface area contributed by atoms with E-state index in [9.17, 15) is 0 Å². The summed E-state index contributed by atoms with van der Waals surface area (Å²) in [7, 11) is 0. The lowest BCUT2D eigenvalue weighted by atomic mass is 10.1. The van der Waals surface area contributed by atoms with Gasteiger partial charge in [-0.2, -0.15) is 0 Å². The van der Waals surface area contributed by atoms with Crippen molar-refractivity contribution in [3.05, 3.63) is 65.2 Å². The summed E-state index contributed by atoms with van der Waals surface area (Å²) in [6.07, 6.45) is 3.64. The third-order valence-electron chi connectivity index (χ3n) is 3.29. The molecule has 0 saturated heterocycles. The Morgan fingerprint density at radius 2 is 1.38 bits per heavy atom. The zero-order valence-electron chi connectivity index (χ0n) is 12.9. The molecule has 2 rings (SSSR count). The molecule has 0 heterocycles. The van der Waals surface area contributed by atoms with Gasteiger partial charge in [-0.15, -0.1) is 0 Å². The normalized spacial score (nSPS) is 9.81. The lowest BCUT2D eigenvalue weighted by Crippen LogP contribution is -1.90. The summed E-state index contributed by atoms with van der Waals surface area (Å²) in [4.78, 5) is 0. The Bertz CT molecular complexity index is 597. The van der Waals surface area contributed by atoms with E-state index in [1.807, 2.05) is 31.2 Å². The number of ether oxygens (including phenoxy) is 1. The van der Waals surface area contributed by atoms with Crippen LogP contribution >= 0.6 is 0 Å². The van der Waals surface area contributed by atoms with Gasteiger partial charge in [0.15, 0.2) is 0 Å². The van der Waals surface area contributed by atoms with Gasteiger partial charge in [-0.05, 0) is 61.7 Å². The maximum atomic E-state index is 5.42. The Labute approximate surface area is 128 Å². The predicted molar refractivity (Wildman–Crippen MR) is 88.6 cm³/mol. The summed E-state index contributed by atoms with van der Waals surface area (Å²) < 4.78 is 5.42. The summed E-state index contributed by atoms with van der Waals surface area (Å²) in [5, 5.41) is 0. The second kappa shape index (κ2) is 8.17. The van der Waals surface area contributed by atoms with Gasteiger partial charge in [-0.1, -0.05) is 37.3 Å². The first kappa shape index (κ1) is 15.2. The molecule has 0 fully saturated rings. The average Bonchev–Trinajstić information content (AvgIpc) is 2.53. The minimum Gasteiger partial charge on any atom is -0.494 e. The van der Waals surface area contributed by atoms with Crippen LogP contribution in [0.3, 0.4) is 0 Å². The van der Waals surface area contributed by atoms with Gasteiger partial charge in [0.25, 0.3) is 0 Å². The highest BCUT2D eigenvalue weighted by Gasteiger charge is 1.93. The third kappa shape index (κ3) is 5.00. The molecule has 0 aliphatic heterocycles. The van der Waals surface area contributed by atoms with E-state index >= 15 is 0 Å². The summed E-state index contributed by atoms with van der Waals surface area (Å²) in [5.74, 6) is 7.28. The quantitative estimate of drug-likeness (QED) is 0.712. The van der Waals surface area contributed by atoms with Crippen molar-refractivity contribution >= 4 is 0 Å². The first-order valence-corrected chi connectivity index (χ1v) is 7.65. The van der Waals surface area contributed by atoms with Gasteiger partial charge < -0.3 is 4.74 Å². The van der Waals surface area contributed by atoms with Crippen LogP contribution in [0.1, 0.15) is 43.4 Å². The number of hydrogen-bond acceptors (Lipinski definition) is 1. The highest BCUT2D eigenvalue weighted by molar-refractivity contribution is 5.44. The molecule has 0 amide bonds. The number of rotatable bonds is 5. The van der Waals surface area contributed by atoms with Gasteiger partial charge in [0.2, 0.25) is 0 Å². The molecule has 2 aromatic rings. The van der Waals surface area contributed by atoms with Gasteiger partial charge in [-0.3, -0.25) is 0 Å². The number of benzene rings is 2. The van der Waals surface area contributed by atoms with Crippen molar-refractivity contribution in [3.63, 3.8) is 0 Å². The predicted octanol–water partition coefficient (Wildman–Crippen LogP) is 4.83. The van der Waals surface area contributed by atoms with E-state index in [2.05, 4.69) is 43.0 Å². The molecule has 108 valence electrons. The van der Waals surface area contributed by atoms with Crippen molar-refractivity contribution in [2.75, 3.05) is 6.61 Å². The van der Waals surface area contributed by atoms with Crippen LogP contribution in [-0.2, 0) is 6.42 Å². The monoisotopic (exact) mass is 278 g/mol. The first-order valence-electron chi connectivity index (χ1n) is 7.65. The van der Waals surface area contributed by atoms with Crippen LogP contribution in [-0.4, -0.2) is 6.61 Å². The minimum atomic E-state index is 0.690. The van der Waals surface area contributed by atoms with Crippen LogP contribution in [0.15, 0.2) is 48.5 Å². The number of hydrogen-bond donors (Lipinski definition) is 0. The van der Waals surface area contributed by atoms with Crippen LogP contribution in [0.2, 0.25) is 0 Å². The Hall–Kier alpha value is -2.20. The molecule has 0 radical (unpaired) electrons. The van der Waals surface area contributed by atoms with E-state index in [-0.39, 0.29) is 0 Å². The highest BCUT2D eigenvalue weighted by atomic mass is 16.5. The van der Waals surface area contributed by atoms with Crippen molar-refractivity contribution in [1.29, 1.82) is 0 Å². The molecule has 0 spiro atoms. The van der Waals surface area contributed by atoms with Crippen LogP contribution in [0.25, 0.3) is 0 Å². The Kier molecular flexibility index (Phi) is 5.91. The molecule has 0 aromatic heterocycles. The summed E-state index contributed by atoms with van der Waals surface area (Å²) in [6.45, 7) is 4.89. The van der Waals surface area contributed by atoms with Gasteiger partial charge in [0, 0.05) is 11.1 Å². The molecule has 0 bridgehead atoms. The third-order valence-corrected chi connectivity index (χ3v) is 3.29. The molecule has 21 heavy (non-hydrogen) atoms. The van der Waals surface area contributed by atoms with Crippen molar-refractivity contribution < 1.29 is 4.74 Å². The van der Waals surface area contributed by atoms with Crippen molar-refractivity contribution in [3.8, 4) is 17.6 Å². The van der Waals surface area contributed by atoms with Crippen LogP contribution < -0.4 is 4.74 Å². The second-order valence-corrected chi connectivity index (χ2v) is 5.01. The Balaban J connectivity index is 2.01. The topological polar surface area (TPSA) is 9.23 Å². The standard InChI is InChI=1S/C20H22O/c1-3-5-6-17-7-9-18(10-8-17)11-12-19-13-15-20(16-14-19)21-4-2/h7-10,13-16H,3-6H2,1-2H3. The van der Waals surface area contributed by atoms with E-state index < -0.39 is 0 Å². The molecule has 2 aromatic carbocycles. The summed E-state index contributed by atoms with van der Waals surface area (Å²) >= 11 is 0. The molecule has 1 heteroatoms. The molecule has 0 saturated carbocycles. The fourth-order valence-electron chi connectivity index (χ4n) is 2.08. The second-order valence-electron chi connectivity index (χ2n) is 5.01. The molecule has 0 aliphatic carbocycles. The summed E-state index contributed by atoms with van der Waals surface area (Å²) in [6, 6.07) is 16.5. The molecule has 0 atom stereocenters. The fraction of sp³-hybridized carbons (Fsp3) is 0.300. The number of aryl methyl sites for hydroxylation is 1. The van der Waals surface area contributed by atoms with Crippen molar-refractivity contribution in [1.82, 2.24) is 0 Å². The fourth-order valence-corrected chi connectivity index (χ4v) is 2.08. The maximum absolute atomic E-state index is 5.42.